The van der Waals surface area contributed by atoms with Crippen LogP contribution in [0.25, 0.3) is 0 Å². The molecule has 17 heavy (non-hydrogen) atoms. The number of carbonyl (C=O) groups is 2. The van der Waals surface area contributed by atoms with Gasteiger partial charge in [-0.25, -0.2) is 9.59 Å². The van der Waals surface area contributed by atoms with Gasteiger partial charge in [0, 0.05) is 6.61 Å². The average Bonchev–Trinajstić information content (AvgIpc) is 2.44. The van der Waals surface area contributed by atoms with Gasteiger partial charge in [0.25, 0.3) is 0 Å². The monoisotopic (exact) mass is 244 g/mol. The third-order valence-electron chi connectivity index (χ3n) is 3.25. The van der Waals surface area contributed by atoms with Crippen LogP contribution in [0, 0.1) is 0 Å². The van der Waals surface area contributed by atoms with Crippen molar-refractivity contribution in [2.45, 2.75) is 51.3 Å². The number of hydrogen-bond donors (Lipinski definition) is 3. The molecule has 0 aliphatic carbocycles. The van der Waals surface area contributed by atoms with Gasteiger partial charge in [-0.15, -0.1) is 0 Å². The van der Waals surface area contributed by atoms with Crippen LogP contribution in [0.5, 0.6) is 0 Å². The molecular weight excluding hydrogens is 224 g/mol. The molecule has 1 aliphatic rings. The normalized spacial score (nSPS) is 28.8. The van der Waals surface area contributed by atoms with E-state index >= 15 is 0 Å². The molecule has 3 N–H and O–H groups in total. The summed E-state index contributed by atoms with van der Waals surface area (Å²) < 4.78 is 5.39. The van der Waals surface area contributed by atoms with Crippen molar-refractivity contribution in [3.05, 3.63) is 0 Å². The molecule has 0 aromatic heterocycles. The van der Waals surface area contributed by atoms with Crippen LogP contribution in [0.1, 0.15) is 34.1 Å². The quantitative estimate of drug-likeness (QED) is 0.682. The molecule has 1 fully saturated rings. The number of rotatable bonds is 3. The maximum Gasteiger partial charge on any atom is 0.328 e. The Balaban J connectivity index is 2.59. The number of carbonyl (C=O) groups excluding carboxylic acids is 1. The maximum absolute atomic E-state index is 11.7. The molecule has 0 radical (unpaired) electrons. The van der Waals surface area contributed by atoms with Crippen molar-refractivity contribution >= 4 is 12.0 Å². The third kappa shape index (κ3) is 3.09. The molecule has 0 aromatic rings. The maximum atomic E-state index is 11.7. The molecule has 0 bridgehead atoms. The van der Waals surface area contributed by atoms with E-state index in [1.165, 1.54) is 13.8 Å². The van der Waals surface area contributed by atoms with Gasteiger partial charge >= 0.3 is 12.0 Å². The van der Waals surface area contributed by atoms with E-state index in [1.54, 1.807) is 0 Å². The summed E-state index contributed by atoms with van der Waals surface area (Å²) in [5, 5.41) is 14.1. The van der Waals surface area contributed by atoms with Crippen LogP contribution in [0.15, 0.2) is 0 Å². The van der Waals surface area contributed by atoms with Gasteiger partial charge < -0.3 is 20.5 Å². The van der Waals surface area contributed by atoms with Gasteiger partial charge in [-0.05, 0) is 34.1 Å². The second-order valence-corrected chi connectivity index (χ2v) is 5.19. The SMILES string of the molecule is CC1OCCC1(C)NC(=O)NC(C)(C)C(=O)O. The molecule has 0 saturated carbocycles. The second kappa shape index (κ2) is 4.52. The summed E-state index contributed by atoms with van der Waals surface area (Å²) in [5.41, 5.74) is -1.73. The van der Waals surface area contributed by atoms with Gasteiger partial charge in [0.1, 0.15) is 5.54 Å². The van der Waals surface area contributed by atoms with Crippen LogP contribution in [-0.2, 0) is 9.53 Å². The van der Waals surface area contributed by atoms with Gasteiger partial charge in [-0.1, -0.05) is 0 Å². The third-order valence-corrected chi connectivity index (χ3v) is 3.25. The Hall–Kier alpha value is -1.30. The number of carboxylic acids is 1. The molecule has 2 atom stereocenters. The van der Waals surface area contributed by atoms with E-state index in [9.17, 15) is 9.59 Å². The molecule has 6 nitrogen and oxygen atoms in total. The van der Waals surface area contributed by atoms with Gasteiger partial charge in [0.05, 0.1) is 11.6 Å². The lowest BCUT2D eigenvalue weighted by Gasteiger charge is -2.31. The summed E-state index contributed by atoms with van der Waals surface area (Å²) in [6, 6.07) is -0.489. The number of hydrogen-bond acceptors (Lipinski definition) is 3. The number of nitrogens with one attached hydrogen (secondary N) is 2. The highest BCUT2D eigenvalue weighted by Gasteiger charge is 2.39. The largest absolute Gasteiger partial charge is 0.480 e. The molecule has 2 amide bonds. The molecule has 0 aromatic carbocycles. The summed E-state index contributed by atoms with van der Waals surface area (Å²) in [7, 11) is 0. The fourth-order valence-electron chi connectivity index (χ4n) is 1.63. The first-order valence-corrected chi connectivity index (χ1v) is 5.63. The van der Waals surface area contributed by atoms with Gasteiger partial charge in [-0.2, -0.15) is 0 Å². The minimum atomic E-state index is -1.29. The molecule has 98 valence electrons. The Morgan fingerprint density at radius 3 is 2.47 bits per heavy atom. The van der Waals surface area contributed by atoms with Crippen molar-refractivity contribution in [2.75, 3.05) is 6.61 Å². The summed E-state index contributed by atoms with van der Waals surface area (Å²) in [5.74, 6) is -1.08. The minimum absolute atomic E-state index is 0.0822. The Morgan fingerprint density at radius 1 is 1.47 bits per heavy atom. The Kier molecular flexibility index (Phi) is 3.66. The standard InChI is InChI=1S/C11H20N2O4/c1-7-11(4,5-6-17-7)13-9(16)12-10(2,3)8(14)15/h7H,5-6H2,1-4H3,(H,14,15)(H2,12,13,16). The van der Waals surface area contributed by atoms with Crippen molar-refractivity contribution in [2.24, 2.45) is 0 Å². The summed E-state index contributed by atoms with van der Waals surface area (Å²) in [6.07, 6.45) is 0.635. The van der Waals surface area contributed by atoms with E-state index in [1.807, 2.05) is 13.8 Å². The topological polar surface area (TPSA) is 87.7 Å². The fraction of sp³-hybridized carbons (Fsp3) is 0.818. The van der Waals surface area contributed by atoms with E-state index in [0.717, 1.165) is 6.42 Å². The Bertz CT molecular complexity index is 329. The van der Waals surface area contributed by atoms with Crippen molar-refractivity contribution in [3.8, 4) is 0 Å². The first kappa shape index (κ1) is 13.8. The molecule has 6 heteroatoms. The first-order valence-electron chi connectivity index (χ1n) is 5.63. The second-order valence-electron chi connectivity index (χ2n) is 5.19. The highest BCUT2D eigenvalue weighted by Crippen LogP contribution is 2.24. The molecule has 1 saturated heterocycles. The Morgan fingerprint density at radius 2 is 2.06 bits per heavy atom. The van der Waals surface area contributed by atoms with E-state index in [-0.39, 0.29) is 6.10 Å². The summed E-state index contributed by atoms with van der Waals surface area (Å²) in [6.45, 7) is 7.24. The zero-order chi connectivity index (χ0) is 13.3. The lowest BCUT2D eigenvalue weighted by Crippen LogP contribution is -2.59. The van der Waals surface area contributed by atoms with Gasteiger partial charge in [0.15, 0.2) is 0 Å². The molecule has 1 aliphatic heterocycles. The van der Waals surface area contributed by atoms with Crippen molar-refractivity contribution in [1.29, 1.82) is 0 Å². The smallest absolute Gasteiger partial charge is 0.328 e. The fourth-order valence-corrected chi connectivity index (χ4v) is 1.63. The van der Waals surface area contributed by atoms with Crippen molar-refractivity contribution < 1.29 is 19.4 Å². The van der Waals surface area contributed by atoms with E-state index in [2.05, 4.69) is 10.6 Å². The molecule has 1 rings (SSSR count). The highest BCUT2D eigenvalue weighted by molar-refractivity contribution is 5.85. The number of urea groups is 1. The average molecular weight is 244 g/mol. The van der Waals surface area contributed by atoms with Crippen molar-refractivity contribution in [3.63, 3.8) is 0 Å². The van der Waals surface area contributed by atoms with Crippen LogP contribution in [0.3, 0.4) is 0 Å². The summed E-state index contributed by atoms with van der Waals surface area (Å²) >= 11 is 0. The zero-order valence-corrected chi connectivity index (χ0v) is 10.7. The predicted octanol–water partition coefficient (Wildman–Crippen LogP) is 0.716. The number of amides is 2. The molecule has 0 spiro atoms. The first-order chi connectivity index (χ1) is 7.67. The lowest BCUT2D eigenvalue weighted by molar-refractivity contribution is -0.142. The van der Waals surface area contributed by atoms with Crippen LogP contribution in [0.4, 0.5) is 4.79 Å². The molecule has 1 heterocycles. The van der Waals surface area contributed by atoms with E-state index < -0.39 is 23.1 Å². The molecular formula is C11H20N2O4. The zero-order valence-electron chi connectivity index (χ0n) is 10.7. The van der Waals surface area contributed by atoms with Crippen molar-refractivity contribution in [1.82, 2.24) is 10.6 Å². The summed E-state index contributed by atoms with van der Waals surface area (Å²) in [4.78, 5) is 22.6. The number of carboxylic acid groups (broad SMARTS) is 1. The van der Waals surface area contributed by atoms with E-state index in [4.69, 9.17) is 9.84 Å². The van der Waals surface area contributed by atoms with Gasteiger partial charge in [0.2, 0.25) is 0 Å². The molecule has 2 unspecified atom stereocenters. The van der Waals surface area contributed by atoms with Crippen LogP contribution < -0.4 is 10.6 Å². The number of aliphatic carboxylic acids is 1. The highest BCUT2D eigenvalue weighted by atomic mass is 16.5. The predicted molar refractivity (Wildman–Crippen MR) is 61.8 cm³/mol. The minimum Gasteiger partial charge on any atom is -0.480 e. The lowest BCUT2D eigenvalue weighted by atomic mass is 9.95. The van der Waals surface area contributed by atoms with Crippen LogP contribution >= 0.6 is 0 Å². The number of ether oxygens (including phenoxy) is 1. The van der Waals surface area contributed by atoms with E-state index in [0.29, 0.717) is 6.61 Å². The van der Waals surface area contributed by atoms with Crippen LogP contribution in [-0.4, -0.2) is 40.9 Å². The van der Waals surface area contributed by atoms with Crippen LogP contribution in [0.2, 0.25) is 0 Å². The van der Waals surface area contributed by atoms with Gasteiger partial charge in [-0.3, -0.25) is 0 Å². The Labute approximate surface area is 101 Å².